The lowest BCUT2D eigenvalue weighted by molar-refractivity contribution is 0.349. The maximum atomic E-state index is 5.54. The molecular weight excluding hydrogens is 284 g/mol. The van der Waals surface area contributed by atoms with Crippen LogP contribution in [0.1, 0.15) is 42.1 Å². The summed E-state index contributed by atoms with van der Waals surface area (Å²) in [6.45, 7) is 4.30. The van der Waals surface area contributed by atoms with E-state index in [9.17, 15) is 0 Å². The minimum atomic E-state index is -0.00690. The Hall–Kier alpha value is -1.59. The number of nitrogens with zero attached hydrogens (tertiary/aromatic N) is 1. The van der Waals surface area contributed by atoms with Gasteiger partial charge in [-0.3, -0.25) is 0 Å². The standard InChI is InChI=1S/C16H22N2O2S/c1-10(2)12-9-21-16(18-12)14(17-3)11-7-6-8-13(19-4)15(11)20-5/h6-10,14,17H,1-5H3. The van der Waals surface area contributed by atoms with Crippen molar-refractivity contribution in [3.63, 3.8) is 0 Å². The molecule has 0 radical (unpaired) electrons. The van der Waals surface area contributed by atoms with Gasteiger partial charge in [0.15, 0.2) is 11.5 Å². The highest BCUT2D eigenvalue weighted by molar-refractivity contribution is 7.09. The highest BCUT2D eigenvalue weighted by Crippen LogP contribution is 2.38. The van der Waals surface area contributed by atoms with E-state index in [4.69, 9.17) is 14.5 Å². The van der Waals surface area contributed by atoms with Crippen molar-refractivity contribution < 1.29 is 9.47 Å². The van der Waals surface area contributed by atoms with E-state index < -0.39 is 0 Å². The van der Waals surface area contributed by atoms with E-state index in [-0.39, 0.29) is 6.04 Å². The number of rotatable bonds is 6. The molecule has 1 aromatic carbocycles. The smallest absolute Gasteiger partial charge is 0.165 e. The summed E-state index contributed by atoms with van der Waals surface area (Å²) in [6.07, 6.45) is 0. The van der Waals surface area contributed by atoms with Crippen molar-refractivity contribution >= 4 is 11.3 Å². The van der Waals surface area contributed by atoms with E-state index >= 15 is 0 Å². The van der Waals surface area contributed by atoms with Crippen molar-refractivity contribution in [1.29, 1.82) is 0 Å². The third kappa shape index (κ3) is 3.19. The Bertz CT molecular complexity index is 596. The summed E-state index contributed by atoms with van der Waals surface area (Å²) in [5.41, 5.74) is 2.15. The summed E-state index contributed by atoms with van der Waals surface area (Å²) in [7, 11) is 5.24. The average molecular weight is 306 g/mol. The SMILES string of the molecule is CNC(c1nc(C(C)C)cs1)c1cccc(OC)c1OC. The van der Waals surface area contributed by atoms with Crippen LogP contribution in [0, 0.1) is 0 Å². The second-order valence-corrected chi connectivity index (χ2v) is 5.96. The van der Waals surface area contributed by atoms with E-state index in [2.05, 4.69) is 24.5 Å². The molecule has 2 rings (SSSR count). The number of aromatic nitrogens is 1. The number of nitrogens with one attached hydrogen (secondary N) is 1. The van der Waals surface area contributed by atoms with Crippen LogP contribution in [0.15, 0.2) is 23.6 Å². The summed E-state index contributed by atoms with van der Waals surface area (Å²) < 4.78 is 10.9. The molecule has 1 atom stereocenters. The van der Waals surface area contributed by atoms with E-state index in [1.54, 1.807) is 25.6 Å². The number of thiazole rings is 1. The fourth-order valence-corrected chi connectivity index (χ4v) is 3.36. The fourth-order valence-electron chi connectivity index (χ4n) is 2.25. The first kappa shape index (κ1) is 15.8. The molecule has 5 heteroatoms. The van der Waals surface area contributed by atoms with Crippen molar-refractivity contribution in [1.82, 2.24) is 10.3 Å². The van der Waals surface area contributed by atoms with Crippen molar-refractivity contribution in [2.45, 2.75) is 25.8 Å². The van der Waals surface area contributed by atoms with Gasteiger partial charge in [0.1, 0.15) is 5.01 Å². The first-order valence-corrected chi connectivity index (χ1v) is 7.83. The van der Waals surface area contributed by atoms with Gasteiger partial charge in [-0.05, 0) is 19.0 Å². The van der Waals surface area contributed by atoms with Gasteiger partial charge in [0.05, 0.1) is 26.0 Å². The third-order valence-corrected chi connectivity index (χ3v) is 4.34. The molecule has 0 bridgehead atoms. The highest BCUT2D eigenvalue weighted by atomic mass is 32.1. The summed E-state index contributed by atoms with van der Waals surface area (Å²) in [5, 5.41) is 6.48. The zero-order chi connectivity index (χ0) is 15.4. The topological polar surface area (TPSA) is 43.4 Å². The first-order chi connectivity index (χ1) is 10.1. The number of hydrogen-bond acceptors (Lipinski definition) is 5. The fraction of sp³-hybridized carbons (Fsp3) is 0.438. The molecule has 1 aromatic heterocycles. The molecule has 0 aliphatic carbocycles. The predicted octanol–water partition coefficient (Wildman–Crippen LogP) is 3.59. The summed E-state index contributed by atoms with van der Waals surface area (Å²) >= 11 is 1.67. The number of methoxy groups -OCH3 is 2. The molecule has 1 heterocycles. The predicted molar refractivity (Wildman–Crippen MR) is 86.7 cm³/mol. The molecule has 0 saturated heterocycles. The summed E-state index contributed by atoms with van der Waals surface area (Å²) in [5.74, 6) is 1.91. The summed E-state index contributed by atoms with van der Waals surface area (Å²) in [6, 6.07) is 5.90. The van der Waals surface area contributed by atoms with Crippen LogP contribution in [0.2, 0.25) is 0 Å². The molecule has 21 heavy (non-hydrogen) atoms. The molecule has 0 amide bonds. The van der Waals surface area contributed by atoms with E-state index in [1.165, 1.54) is 0 Å². The lowest BCUT2D eigenvalue weighted by Gasteiger charge is -2.19. The van der Waals surface area contributed by atoms with Gasteiger partial charge >= 0.3 is 0 Å². The quantitative estimate of drug-likeness (QED) is 0.885. The highest BCUT2D eigenvalue weighted by Gasteiger charge is 2.22. The van der Waals surface area contributed by atoms with E-state index in [0.717, 1.165) is 27.8 Å². The van der Waals surface area contributed by atoms with Gasteiger partial charge in [-0.1, -0.05) is 26.0 Å². The molecule has 0 aliphatic rings. The van der Waals surface area contributed by atoms with Gasteiger partial charge in [-0.15, -0.1) is 11.3 Å². The van der Waals surface area contributed by atoms with Crippen LogP contribution in [0.25, 0.3) is 0 Å². The van der Waals surface area contributed by atoms with Crippen LogP contribution in [0.5, 0.6) is 11.5 Å². The molecule has 1 unspecified atom stereocenters. The molecule has 114 valence electrons. The van der Waals surface area contributed by atoms with E-state index in [1.807, 2.05) is 25.2 Å². The van der Waals surface area contributed by atoms with E-state index in [0.29, 0.717) is 5.92 Å². The lowest BCUT2D eigenvalue weighted by atomic mass is 10.1. The number of hydrogen-bond donors (Lipinski definition) is 1. The maximum absolute atomic E-state index is 5.54. The minimum absolute atomic E-state index is 0.00690. The molecular formula is C16H22N2O2S. The normalized spacial score (nSPS) is 12.5. The lowest BCUT2D eigenvalue weighted by Crippen LogP contribution is -2.18. The van der Waals surface area contributed by atoms with Gasteiger partial charge in [0, 0.05) is 10.9 Å². The van der Waals surface area contributed by atoms with Crippen molar-refractivity contribution in [3.8, 4) is 11.5 Å². The number of ether oxygens (including phenoxy) is 2. The second kappa shape index (κ2) is 6.91. The van der Waals surface area contributed by atoms with Crippen molar-refractivity contribution in [2.75, 3.05) is 21.3 Å². The van der Waals surface area contributed by atoms with Crippen molar-refractivity contribution in [2.24, 2.45) is 0 Å². The monoisotopic (exact) mass is 306 g/mol. The Labute approximate surface area is 130 Å². The third-order valence-electron chi connectivity index (χ3n) is 3.41. The average Bonchev–Trinajstić information content (AvgIpc) is 2.97. The molecule has 4 nitrogen and oxygen atoms in total. The minimum Gasteiger partial charge on any atom is -0.493 e. The molecule has 0 spiro atoms. The Kier molecular flexibility index (Phi) is 5.20. The zero-order valence-corrected chi connectivity index (χ0v) is 14.0. The second-order valence-electron chi connectivity index (χ2n) is 5.07. The van der Waals surface area contributed by atoms with Crippen LogP contribution in [-0.2, 0) is 0 Å². The van der Waals surface area contributed by atoms with Gasteiger partial charge < -0.3 is 14.8 Å². The first-order valence-electron chi connectivity index (χ1n) is 6.95. The van der Waals surface area contributed by atoms with Gasteiger partial charge in [-0.2, -0.15) is 0 Å². The van der Waals surface area contributed by atoms with Crippen LogP contribution in [0.3, 0.4) is 0 Å². The van der Waals surface area contributed by atoms with Crippen LogP contribution < -0.4 is 14.8 Å². The zero-order valence-electron chi connectivity index (χ0n) is 13.1. The van der Waals surface area contributed by atoms with Crippen LogP contribution in [-0.4, -0.2) is 26.3 Å². The maximum Gasteiger partial charge on any atom is 0.165 e. The van der Waals surface area contributed by atoms with Crippen LogP contribution in [0.4, 0.5) is 0 Å². The Morgan fingerprint density at radius 3 is 2.48 bits per heavy atom. The van der Waals surface area contributed by atoms with Crippen molar-refractivity contribution in [3.05, 3.63) is 39.8 Å². The number of para-hydroxylation sites is 1. The van der Waals surface area contributed by atoms with Gasteiger partial charge in [-0.25, -0.2) is 4.98 Å². The molecule has 0 aliphatic heterocycles. The summed E-state index contributed by atoms with van der Waals surface area (Å²) in [4.78, 5) is 4.75. The molecule has 0 saturated carbocycles. The largest absolute Gasteiger partial charge is 0.493 e. The Morgan fingerprint density at radius 2 is 1.95 bits per heavy atom. The van der Waals surface area contributed by atoms with Gasteiger partial charge in [0.25, 0.3) is 0 Å². The Morgan fingerprint density at radius 1 is 1.19 bits per heavy atom. The number of benzene rings is 1. The Balaban J connectivity index is 2.45. The van der Waals surface area contributed by atoms with Gasteiger partial charge in [0.2, 0.25) is 0 Å². The van der Waals surface area contributed by atoms with Crippen LogP contribution >= 0.6 is 11.3 Å². The molecule has 1 N–H and O–H groups in total. The molecule has 0 fully saturated rings. The molecule has 2 aromatic rings.